The van der Waals surface area contributed by atoms with Gasteiger partial charge in [-0.2, -0.15) is 5.10 Å². The molecule has 9 nitrogen and oxygen atoms in total. The number of hydrogen-bond donors (Lipinski definition) is 2. The van der Waals surface area contributed by atoms with Crippen LogP contribution < -0.4 is 10.6 Å². The SMILES string of the molecule is Cc1ccc(-n2nc(C(C)(C)C)cc2NC(=O)Nc2ccc(-c3ccc(C(N4CCOCC4)N4CCOCC4)cc3)c3ccccc23)cc1. The van der Waals surface area contributed by atoms with Gasteiger partial charge in [0.2, 0.25) is 0 Å². The lowest BCUT2D eigenvalue weighted by atomic mass is 9.92. The number of nitrogens with zero attached hydrogens (tertiary/aromatic N) is 4. The van der Waals surface area contributed by atoms with Crippen molar-refractivity contribution >= 4 is 28.3 Å². The summed E-state index contributed by atoms with van der Waals surface area (Å²) in [4.78, 5) is 18.6. The van der Waals surface area contributed by atoms with Crippen molar-refractivity contribution in [3.05, 3.63) is 108 Å². The molecule has 4 aromatic carbocycles. The first kappa shape index (κ1) is 33.0. The fraction of sp³-hybridized carbons (Fsp3) is 0.350. The fourth-order valence-electron chi connectivity index (χ4n) is 6.78. The molecule has 3 heterocycles. The topological polar surface area (TPSA) is 83.9 Å². The summed E-state index contributed by atoms with van der Waals surface area (Å²) in [6, 6.07) is 31.1. The van der Waals surface area contributed by atoms with Crippen LogP contribution in [0, 0.1) is 6.92 Å². The molecule has 1 aromatic heterocycles. The first-order chi connectivity index (χ1) is 23.7. The number of nitrogens with one attached hydrogen (secondary N) is 2. The average molecular weight is 659 g/mol. The van der Waals surface area contributed by atoms with E-state index in [4.69, 9.17) is 14.6 Å². The van der Waals surface area contributed by atoms with E-state index in [0.717, 1.165) is 97.1 Å². The van der Waals surface area contributed by atoms with Crippen molar-refractivity contribution in [1.29, 1.82) is 0 Å². The lowest BCUT2D eigenvalue weighted by Crippen LogP contribution is -2.50. The molecule has 7 rings (SSSR count). The number of benzene rings is 4. The summed E-state index contributed by atoms with van der Waals surface area (Å²) in [6.07, 6.45) is 0.200. The molecule has 2 saturated heterocycles. The zero-order valence-electron chi connectivity index (χ0n) is 28.9. The minimum Gasteiger partial charge on any atom is -0.379 e. The van der Waals surface area contributed by atoms with Crippen molar-refractivity contribution in [3.8, 4) is 16.8 Å². The lowest BCUT2D eigenvalue weighted by Gasteiger charge is -2.43. The van der Waals surface area contributed by atoms with E-state index in [0.29, 0.717) is 5.82 Å². The van der Waals surface area contributed by atoms with Crippen LogP contribution in [0.4, 0.5) is 16.3 Å². The van der Waals surface area contributed by atoms with Crippen LogP contribution in [0.3, 0.4) is 0 Å². The highest BCUT2D eigenvalue weighted by atomic mass is 16.5. The standard InChI is InChI=1S/C40H46N6O3/c1-28-9-15-31(16-10-28)46-37(27-36(43-46)40(2,3)4)42-39(47)41-35-18-17-32(33-7-5-6-8-34(33)35)29-11-13-30(14-12-29)38(44-19-23-48-24-20-44)45-21-25-49-26-22-45/h5-18,27,38H,19-26H2,1-4H3,(H2,41,42,47). The maximum atomic E-state index is 13.6. The van der Waals surface area contributed by atoms with Crippen molar-refractivity contribution in [3.63, 3.8) is 0 Å². The van der Waals surface area contributed by atoms with E-state index < -0.39 is 0 Å². The summed E-state index contributed by atoms with van der Waals surface area (Å²) in [5.41, 5.74) is 7.04. The molecule has 2 N–H and O–H groups in total. The normalized spacial score (nSPS) is 16.3. The van der Waals surface area contributed by atoms with Gasteiger partial charge in [0.05, 0.1) is 49.7 Å². The third-order valence-corrected chi connectivity index (χ3v) is 9.47. The van der Waals surface area contributed by atoms with Crippen molar-refractivity contribution in [1.82, 2.24) is 19.6 Å². The van der Waals surface area contributed by atoms with Crippen LogP contribution in [0.1, 0.15) is 43.8 Å². The van der Waals surface area contributed by atoms with Crippen molar-refractivity contribution < 1.29 is 14.3 Å². The Morgan fingerprint density at radius 1 is 0.755 bits per heavy atom. The van der Waals surface area contributed by atoms with Gasteiger partial charge in [-0.25, -0.2) is 9.48 Å². The van der Waals surface area contributed by atoms with Gasteiger partial charge < -0.3 is 14.8 Å². The van der Waals surface area contributed by atoms with Crippen LogP contribution >= 0.6 is 0 Å². The maximum Gasteiger partial charge on any atom is 0.324 e. The highest BCUT2D eigenvalue weighted by Crippen LogP contribution is 2.35. The molecule has 0 saturated carbocycles. The second-order valence-electron chi connectivity index (χ2n) is 14.0. The molecule has 2 fully saturated rings. The summed E-state index contributed by atoms with van der Waals surface area (Å²) in [6.45, 7) is 15.1. The predicted octanol–water partition coefficient (Wildman–Crippen LogP) is 7.61. The van der Waals surface area contributed by atoms with Crippen LogP contribution in [0.15, 0.2) is 91.0 Å². The third kappa shape index (κ3) is 7.26. The fourth-order valence-corrected chi connectivity index (χ4v) is 6.78. The number of anilines is 2. The smallest absolute Gasteiger partial charge is 0.324 e. The van der Waals surface area contributed by atoms with Gasteiger partial charge in [0.1, 0.15) is 5.82 Å². The predicted molar refractivity (Wildman–Crippen MR) is 197 cm³/mol. The maximum absolute atomic E-state index is 13.6. The minimum atomic E-state index is -0.326. The van der Waals surface area contributed by atoms with E-state index >= 15 is 0 Å². The second-order valence-corrected chi connectivity index (χ2v) is 14.0. The van der Waals surface area contributed by atoms with Gasteiger partial charge in [-0.05, 0) is 47.2 Å². The van der Waals surface area contributed by atoms with Gasteiger partial charge in [0.15, 0.2) is 0 Å². The number of urea groups is 1. The highest BCUT2D eigenvalue weighted by Gasteiger charge is 2.29. The summed E-state index contributed by atoms with van der Waals surface area (Å²) in [5.74, 6) is 0.611. The Morgan fingerprint density at radius 3 is 1.98 bits per heavy atom. The Hall–Kier alpha value is -4.54. The van der Waals surface area contributed by atoms with Gasteiger partial charge in [-0.15, -0.1) is 0 Å². The number of morpholine rings is 2. The van der Waals surface area contributed by atoms with E-state index in [1.165, 1.54) is 5.56 Å². The first-order valence-electron chi connectivity index (χ1n) is 17.3. The Kier molecular flexibility index (Phi) is 9.51. The van der Waals surface area contributed by atoms with Crippen LogP contribution in [0.2, 0.25) is 0 Å². The van der Waals surface area contributed by atoms with Gasteiger partial charge in [0, 0.05) is 43.0 Å². The van der Waals surface area contributed by atoms with Crippen LogP contribution in [0.5, 0.6) is 0 Å². The molecule has 0 unspecified atom stereocenters. The van der Waals surface area contributed by atoms with E-state index in [2.05, 4.69) is 90.6 Å². The van der Waals surface area contributed by atoms with Gasteiger partial charge in [0.25, 0.3) is 0 Å². The van der Waals surface area contributed by atoms with Crippen LogP contribution in [-0.4, -0.2) is 78.2 Å². The molecule has 0 radical (unpaired) electrons. The van der Waals surface area contributed by atoms with Gasteiger partial charge in [-0.3, -0.25) is 15.1 Å². The quantitative estimate of drug-likeness (QED) is 0.187. The number of amides is 2. The monoisotopic (exact) mass is 658 g/mol. The Morgan fingerprint density at radius 2 is 1.37 bits per heavy atom. The molecule has 0 atom stereocenters. The van der Waals surface area contributed by atoms with E-state index in [9.17, 15) is 4.79 Å². The van der Waals surface area contributed by atoms with Crippen molar-refractivity contribution in [2.45, 2.75) is 39.3 Å². The molecule has 2 aliphatic heterocycles. The molecule has 9 heteroatoms. The molecule has 0 spiro atoms. The number of fused-ring (bicyclic) bond motifs is 1. The Balaban J connectivity index is 1.14. The van der Waals surface area contributed by atoms with E-state index in [1.54, 1.807) is 4.68 Å². The summed E-state index contributed by atoms with van der Waals surface area (Å²) in [7, 11) is 0. The Labute approximate surface area is 288 Å². The third-order valence-electron chi connectivity index (χ3n) is 9.47. The van der Waals surface area contributed by atoms with Crippen molar-refractivity contribution in [2.75, 3.05) is 63.2 Å². The van der Waals surface area contributed by atoms with E-state index in [1.807, 2.05) is 48.5 Å². The molecule has 2 amide bonds. The minimum absolute atomic E-state index is 0.182. The highest BCUT2D eigenvalue weighted by molar-refractivity contribution is 6.09. The summed E-state index contributed by atoms with van der Waals surface area (Å²) >= 11 is 0. The summed E-state index contributed by atoms with van der Waals surface area (Å²) < 4.78 is 13.1. The largest absolute Gasteiger partial charge is 0.379 e. The van der Waals surface area contributed by atoms with Gasteiger partial charge in [-0.1, -0.05) is 93.1 Å². The second kappa shape index (κ2) is 14.1. The number of aromatic nitrogens is 2. The number of ether oxygens (including phenoxy) is 2. The number of carbonyl (C=O) groups is 1. The molecule has 254 valence electrons. The Bertz CT molecular complexity index is 1880. The van der Waals surface area contributed by atoms with E-state index in [-0.39, 0.29) is 17.6 Å². The van der Waals surface area contributed by atoms with Gasteiger partial charge >= 0.3 is 6.03 Å². The zero-order valence-corrected chi connectivity index (χ0v) is 28.9. The molecule has 5 aromatic rings. The zero-order chi connectivity index (χ0) is 34.0. The molecular formula is C40H46N6O3. The molecule has 0 aliphatic carbocycles. The number of hydrogen-bond acceptors (Lipinski definition) is 6. The number of aryl methyl sites for hydroxylation is 1. The lowest BCUT2D eigenvalue weighted by molar-refractivity contribution is -0.0676. The number of rotatable bonds is 7. The molecule has 0 bridgehead atoms. The molecule has 49 heavy (non-hydrogen) atoms. The van der Waals surface area contributed by atoms with Crippen LogP contribution in [-0.2, 0) is 14.9 Å². The number of carbonyl (C=O) groups excluding carboxylic acids is 1. The van der Waals surface area contributed by atoms with Crippen molar-refractivity contribution in [2.24, 2.45) is 0 Å². The van der Waals surface area contributed by atoms with Crippen LogP contribution in [0.25, 0.3) is 27.6 Å². The molecular weight excluding hydrogens is 612 g/mol. The molecule has 2 aliphatic rings. The first-order valence-corrected chi connectivity index (χ1v) is 17.3. The summed E-state index contributed by atoms with van der Waals surface area (Å²) in [5, 5.41) is 13.1. The average Bonchev–Trinajstić information content (AvgIpc) is 3.54.